The SMILES string of the molecule is Nc1cccc2nc(-c3cccnc3)nc(CC3CCCCC3)c12. The largest absolute Gasteiger partial charge is 0.398 e. The van der Waals surface area contributed by atoms with Crippen LogP contribution in [0.2, 0.25) is 0 Å². The van der Waals surface area contributed by atoms with E-state index in [9.17, 15) is 0 Å². The third-order valence-electron chi connectivity index (χ3n) is 4.96. The molecule has 4 rings (SSSR count). The zero-order valence-electron chi connectivity index (χ0n) is 13.8. The van der Waals surface area contributed by atoms with Gasteiger partial charge in [0.2, 0.25) is 0 Å². The van der Waals surface area contributed by atoms with Crippen LogP contribution < -0.4 is 5.73 Å². The monoisotopic (exact) mass is 318 g/mol. The molecule has 1 aliphatic rings. The summed E-state index contributed by atoms with van der Waals surface area (Å²) in [5.74, 6) is 1.45. The topological polar surface area (TPSA) is 64.7 Å². The third kappa shape index (κ3) is 2.96. The normalized spacial score (nSPS) is 15.7. The molecule has 0 amide bonds. The maximum absolute atomic E-state index is 6.26. The van der Waals surface area contributed by atoms with Crippen LogP contribution in [-0.4, -0.2) is 15.0 Å². The van der Waals surface area contributed by atoms with E-state index in [0.29, 0.717) is 5.92 Å². The summed E-state index contributed by atoms with van der Waals surface area (Å²) in [7, 11) is 0. The maximum Gasteiger partial charge on any atom is 0.161 e. The molecule has 0 aliphatic heterocycles. The number of nitrogens with two attached hydrogens (primary N) is 1. The second kappa shape index (κ2) is 6.56. The van der Waals surface area contributed by atoms with E-state index in [1.165, 1.54) is 32.1 Å². The summed E-state index contributed by atoms with van der Waals surface area (Å²) in [4.78, 5) is 13.8. The maximum atomic E-state index is 6.26. The van der Waals surface area contributed by atoms with Gasteiger partial charge in [-0.05, 0) is 36.6 Å². The second-order valence-electron chi connectivity index (χ2n) is 6.69. The molecule has 1 aliphatic carbocycles. The lowest BCUT2D eigenvalue weighted by molar-refractivity contribution is 0.355. The first-order valence-corrected chi connectivity index (χ1v) is 8.77. The molecule has 4 heteroatoms. The van der Waals surface area contributed by atoms with E-state index in [0.717, 1.165) is 40.1 Å². The molecule has 0 spiro atoms. The van der Waals surface area contributed by atoms with Gasteiger partial charge in [-0.2, -0.15) is 0 Å². The summed E-state index contributed by atoms with van der Waals surface area (Å²) >= 11 is 0. The van der Waals surface area contributed by atoms with E-state index in [2.05, 4.69) is 4.98 Å². The molecule has 0 unspecified atom stereocenters. The van der Waals surface area contributed by atoms with Gasteiger partial charge in [0, 0.05) is 29.0 Å². The fourth-order valence-electron chi connectivity index (χ4n) is 3.72. The molecular formula is C20H22N4. The standard InChI is InChI=1S/C20H22N4/c21-16-9-4-10-17-19(16)18(12-14-6-2-1-3-7-14)24-20(23-17)15-8-5-11-22-13-15/h4-5,8-11,13-14H,1-3,6-7,12,21H2. The van der Waals surface area contributed by atoms with Gasteiger partial charge in [0.25, 0.3) is 0 Å². The lowest BCUT2D eigenvalue weighted by Crippen LogP contribution is -2.12. The molecule has 1 aromatic carbocycles. The number of nitrogen functional groups attached to an aromatic ring is 1. The average molecular weight is 318 g/mol. The van der Waals surface area contributed by atoms with Gasteiger partial charge in [0.1, 0.15) is 0 Å². The minimum absolute atomic E-state index is 0.707. The van der Waals surface area contributed by atoms with Crippen molar-refractivity contribution in [3.05, 3.63) is 48.4 Å². The summed E-state index contributed by atoms with van der Waals surface area (Å²) in [5, 5.41) is 1.02. The number of nitrogens with zero attached hydrogens (tertiary/aromatic N) is 3. The second-order valence-corrected chi connectivity index (χ2v) is 6.69. The van der Waals surface area contributed by atoms with Crippen molar-refractivity contribution >= 4 is 16.6 Å². The molecule has 2 N–H and O–H groups in total. The van der Waals surface area contributed by atoms with Crippen LogP contribution in [0.15, 0.2) is 42.7 Å². The third-order valence-corrected chi connectivity index (χ3v) is 4.96. The van der Waals surface area contributed by atoms with Crippen LogP contribution in [0.1, 0.15) is 37.8 Å². The number of benzene rings is 1. The van der Waals surface area contributed by atoms with Gasteiger partial charge >= 0.3 is 0 Å². The zero-order chi connectivity index (χ0) is 16.4. The molecule has 0 atom stereocenters. The smallest absolute Gasteiger partial charge is 0.161 e. The Kier molecular flexibility index (Phi) is 4.11. The predicted octanol–water partition coefficient (Wildman–Crippen LogP) is 4.40. The summed E-state index contributed by atoms with van der Waals surface area (Å²) in [6.45, 7) is 0. The quantitative estimate of drug-likeness (QED) is 0.727. The fourth-order valence-corrected chi connectivity index (χ4v) is 3.72. The first-order valence-electron chi connectivity index (χ1n) is 8.77. The molecule has 2 heterocycles. The van der Waals surface area contributed by atoms with Gasteiger partial charge in [0.15, 0.2) is 5.82 Å². The Morgan fingerprint density at radius 1 is 1.00 bits per heavy atom. The first kappa shape index (κ1) is 15.1. The van der Waals surface area contributed by atoms with Crippen molar-refractivity contribution in [2.45, 2.75) is 38.5 Å². The highest BCUT2D eigenvalue weighted by atomic mass is 14.9. The van der Waals surface area contributed by atoms with Gasteiger partial charge < -0.3 is 5.73 Å². The summed E-state index contributed by atoms with van der Waals surface area (Å²) in [6.07, 6.45) is 11.2. The number of fused-ring (bicyclic) bond motifs is 1. The van der Waals surface area contributed by atoms with Crippen LogP contribution in [0.5, 0.6) is 0 Å². The number of anilines is 1. The number of aromatic nitrogens is 3. The lowest BCUT2D eigenvalue weighted by Gasteiger charge is -2.22. The minimum atomic E-state index is 0.707. The molecule has 1 fully saturated rings. The highest BCUT2D eigenvalue weighted by molar-refractivity contribution is 5.93. The van der Waals surface area contributed by atoms with Crippen LogP contribution >= 0.6 is 0 Å². The van der Waals surface area contributed by atoms with Crippen LogP contribution in [0.25, 0.3) is 22.3 Å². The van der Waals surface area contributed by atoms with Crippen molar-refractivity contribution in [2.75, 3.05) is 5.73 Å². The van der Waals surface area contributed by atoms with E-state index in [1.807, 2.05) is 36.5 Å². The molecule has 24 heavy (non-hydrogen) atoms. The molecule has 2 aromatic heterocycles. The predicted molar refractivity (Wildman–Crippen MR) is 97.5 cm³/mol. The highest BCUT2D eigenvalue weighted by Gasteiger charge is 2.18. The number of hydrogen-bond donors (Lipinski definition) is 1. The Hall–Kier alpha value is -2.49. The molecular weight excluding hydrogens is 296 g/mol. The fraction of sp³-hybridized carbons (Fsp3) is 0.350. The molecule has 4 nitrogen and oxygen atoms in total. The van der Waals surface area contributed by atoms with Gasteiger partial charge in [-0.1, -0.05) is 38.2 Å². The van der Waals surface area contributed by atoms with Crippen molar-refractivity contribution in [3.8, 4) is 11.4 Å². The molecule has 0 radical (unpaired) electrons. The van der Waals surface area contributed by atoms with Crippen molar-refractivity contribution in [2.24, 2.45) is 5.92 Å². The number of pyridine rings is 1. The molecule has 3 aromatic rings. The average Bonchev–Trinajstić information content (AvgIpc) is 2.63. The Morgan fingerprint density at radius 2 is 1.88 bits per heavy atom. The Morgan fingerprint density at radius 3 is 2.67 bits per heavy atom. The van der Waals surface area contributed by atoms with E-state index < -0.39 is 0 Å². The first-order chi connectivity index (χ1) is 11.8. The van der Waals surface area contributed by atoms with Gasteiger partial charge in [-0.25, -0.2) is 9.97 Å². The molecule has 122 valence electrons. The van der Waals surface area contributed by atoms with Gasteiger partial charge in [-0.3, -0.25) is 4.98 Å². The lowest BCUT2D eigenvalue weighted by atomic mass is 9.85. The highest BCUT2D eigenvalue weighted by Crippen LogP contribution is 2.31. The van der Waals surface area contributed by atoms with Crippen molar-refractivity contribution < 1.29 is 0 Å². The van der Waals surface area contributed by atoms with E-state index in [1.54, 1.807) is 6.20 Å². The zero-order valence-corrected chi connectivity index (χ0v) is 13.8. The Balaban J connectivity index is 1.82. The Bertz CT molecular complexity index is 839. The number of hydrogen-bond acceptors (Lipinski definition) is 4. The van der Waals surface area contributed by atoms with Gasteiger partial charge in [-0.15, -0.1) is 0 Å². The van der Waals surface area contributed by atoms with Crippen LogP contribution in [0, 0.1) is 5.92 Å². The van der Waals surface area contributed by atoms with E-state index in [4.69, 9.17) is 15.7 Å². The van der Waals surface area contributed by atoms with Crippen LogP contribution in [0.4, 0.5) is 5.69 Å². The molecule has 0 saturated heterocycles. The Labute approximate surface area is 142 Å². The summed E-state index contributed by atoms with van der Waals surface area (Å²) in [5.41, 5.74) is 10.00. The van der Waals surface area contributed by atoms with E-state index in [-0.39, 0.29) is 0 Å². The summed E-state index contributed by atoms with van der Waals surface area (Å²) in [6, 6.07) is 9.85. The van der Waals surface area contributed by atoms with Crippen molar-refractivity contribution in [3.63, 3.8) is 0 Å². The van der Waals surface area contributed by atoms with Gasteiger partial charge in [0.05, 0.1) is 11.2 Å². The van der Waals surface area contributed by atoms with Crippen LogP contribution in [-0.2, 0) is 6.42 Å². The summed E-state index contributed by atoms with van der Waals surface area (Å²) < 4.78 is 0. The molecule has 0 bridgehead atoms. The van der Waals surface area contributed by atoms with Crippen molar-refractivity contribution in [1.82, 2.24) is 15.0 Å². The minimum Gasteiger partial charge on any atom is -0.398 e. The van der Waals surface area contributed by atoms with Crippen LogP contribution in [0.3, 0.4) is 0 Å². The molecule has 1 saturated carbocycles. The van der Waals surface area contributed by atoms with Crippen molar-refractivity contribution in [1.29, 1.82) is 0 Å². The number of rotatable bonds is 3. The van der Waals surface area contributed by atoms with E-state index >= 15 is 0 Å².